The first-order valence-electron chi connectivity index (χ1n) is 15.2. The lowest BCUT2D eigenvalue weighted by Crippen LogP contribution is -2.52. The zero-order valence-corrected chi connectivity index (χ0v) is 24.1. The minimum absolute atomic E-state index is 0.171. The van der Waals surface area contributed by atoms with Gasteiger partial charge in [0.1, 0.15) is 30.8 Å². The van der Waals surface area contributed by atoms with Crippen molar-refractivity contribution in [2.75, 3.05) is 52.6 Å². The number of ether oxygens (including phenoxy) is 3. The molecule has 0 saturated carbocycles. The average molecular weight is 577 g/mol. The van der Waals surface area contributed by atoms with E-state index in [2.05, 4.69) is 33.3 Å². The third kappa shape index (κ3) is 6.61. The van der Waals surface area contributed by atoms with Crippen LogP contribution in [-0.4, -0.2) is 97.1 Å². The molecular formula is C32H40N4O6. The Kier molecular flexibility index (Phi) is 9.02. The van der Waals surface area contributed by atoms with Crippen LogP contribution in [0.4, 0.5) is 0 Å². The highest BCUT2D eigenvalue weighted by atomic mass is 16.5. The summed E-state index contributed by atoms with van der Waals surface area (Å²) in [6.07, 6.45) is 3.99. The predicted octanol–water partition coefficient (Wildman–Crippen LogP) is 2.59. The molecule has 4 aliphatic rings. The Morgan fingerprint density at radius 1 is 0.952 bits per heavy atom. The lowest BCUT2D eigenvalue weighted by Gasteiger charge is -2.36. The van der Waals surface area contributed by atoms with Crippen molar-refractivity contribution in [3.05, 3.63) is 59.2 Å². The average Bonchev–Trinajstić information content (AvgIpc) is 3.33. The van der Waals surface area contributed by atoms with Crippen molar-refractivity contribution >= 4 is 17.7 Å². The van der Waals surface area contributed by atoms with Gasteiger partial charge in [-0.1, -0.05) is 24.6 Å². The number of morpholine rings is 1. The van der Waals surface area contributed by atoms with E-state index in [1.807, 2.05) is 18.2 Å². The summed E-state index contributed by atoms with van der Waals surface area (Å²) in [5.74, 6) is 0.817. The van der Waals surface area contributed by atoms with Gasteiger partial charge in [0.05, 0.1) is 13.2 Å². The van der Waals surface area contributed by atoms with Crippen LogP contribution in [0.5, 0.6) is 11.5 Å². The molecule has 4 heterocycles. The van der Waals surface area contributed by atoms with Gasteiger partial charge in [-0.05, 0) is 55.6 Å². The summed E-state index contributed by atoms with van der Waals surface area (Å²) in [5.41, 5.74) is 2.64. The number of benzene rings is 2. The van der Waals surface area contributed by atoms with Crippen molar-refractivity contribution in [3.63, 3.8) is 0 Å². The molecule has 6 rings (SSSR count). The van der Waals surface area contributed by atoms with Crippen LogP contribution in [0.15, 0.2) is 42.5 Å². The number of fused-ring (bicyclic) bond motifs is 1. The summed E-state index contributed by atoms with van der Waals surface area (Å²) in [6.45, 7) is 7.77. The highest BCUT2D eigenvalue weighted by molar-refractivity contribution is 6.05. The van der Waals surface area contributed by atoms with Gasteiger partial charge in [0.2, 0.25) is 11.8 Å². The van der Waals surface area contributed by atoms with Crippen molar-refractivity contribution in [1.29, 1.82) is 0 Å². The molecule has 0 aromatic heterocycles. The topological polar surface area (TPSA) is 101 Å². The molecule has 10 heteroatoms. The van der Waals surface area contributed by atoms with Crippen LogP contribution in [0.1, 0.15) is 53.6 Å². The maximum atomic E-state index is 13.0. The van der Waals surface area contributed by atoms with Crippen LogP contribution in [-0.2, 0) is 27.4 Å². The third-order valence-corrected chi connectivity index (χ3v) is 8.80. The van der Waals surface area contributed by atoms with Gasteiger partial charge in [-0.15, -0.1) is 0 Å². The van der Waals surface area contributed by atoms with Gasteiger partial charge in [0, 0.05) is 56.3 Å². The molecule has 4 aliphatic heterocycles. The molecule has 2 aromatic carbocycles. The molecule has 0 spiro atoms. The van der Waals surface area contributed by atoms with Gasteiger partial charge in [-0.3, -0.25) is 29.5 Å². The number of para-hydroxylation sites is 1. The number of carbonyl (C=O) groups excluding carboxylic acids is 3. The summed E-state index contributed by atoms with van der Waals surface area (Å²) in [4.78, 5) is 43.4. The van der Waals surface area contributed by atoms with Gasteiger partial charge in [0.15, 0.2) is 0 Å². The van der Waals surface area contributed by atoms with Gasteiger partial charge in [-0.25, -0.2) is 0 Å². The Balaban J connectivity index is 1.05. The number of piperidine rings is 2. The largest absolute Gasteiger partial charge is 0.492 e. The number of carbonyl (C=O) groups is 3. The highest BCUT2D eigenvalue weighted by Gasteiger charge is 2.39. The van der Waals surface area contributed by atoms with Gasteiger partial charge < -0.3 is 19.1 Å². The number of nitrogens with one attached hydrogen (secondary N) is 1. The predicted molar refractivity (Wildman–Crippen MR) is 155 cm³/mol. The Bertz CT molecular complexity index is 1300. The van der Waals surface area contributed by atoms with Crippen LogP contribution in [0.2, 0.25) is 0 Å². The van der Waals surface area contributed by atoms with E-state index in [-0.39, 0.29) is 24.3 Å². The first-order valence-corrected chi connectivity index (χ1v) is 15.2. The Morgan fingerprint density at radius 3 is 2.67 bits per heavy atom. The first-order chi connectivity index (χ1) is 20.5. The van der Waals surface area contributed by atoms with Gasteiger partial charge in [-0.2, -0.15) is 0 Å². The molecule has 42 heavy (non-hydrogen) atoms. The van der Waals surface area contributed by atoms with Crippen molar-refractivity contribution in [2.45, 2.75) is 57.3 Å². The Labute approximate surface area is 246 Å². The summed E-state index contributed by atoms with van der Waals surface area (Å²) < 4.78 is 18.0. The molecule has 10 nitrogen and oxygen atoms in total. The molecular weight excluding hydrogens is 536 g/mol. The number of imide groups is 1. The molecule has 2 aromatic rings. The molecule has 2 atom stereocenters. The lowest BCUT2D eigenvalue weighted by atomic mass is 10.0. The molecule has 224 valence electrons. The third-order valence-electron chi connectivity index (χ3n) is 8.80. The van der Waals surface area contributed by atoms with Crippen molar-refractivity contribution < 1.29 is 28.6 Å². The maximum Gasteiger partial charge on any atom is 0.255 e. The molecule has 0 aliphatic carbocycles. The number of rotatable bonds is 10. The molecule has 3 amide bonds. The van der Waals surface area contributed by atoms with E-state index < -0.39 is 11.9 Å². The van der Waals surface area contributed by atoms with E-state index >= 15 is 0 Å². The number of amides is 3. The zero-order valence-electron chi connectivity index (χ0n) is 24.1. The van der Waals surface area contributed by atoms with Crippen LogP contribution < -0.4 is 14.8 Å². The highest BCUT2D eigenvalue weighted by Crippen LogP contribution is 2.31. The Hall–Kier alpha value is -3.47. The van der Waals surface area contributed by atoms with Crippen molar-refractivity contribution in [1.82, 2.24) is 20.0 Å². The van der Waals surface area contributed by atoms with Gasteiger partial charge in [0.25, 0.3) is 5.91 Å². The fourth-order valence-electron chi connectivity index (χ4n) is 6.39. The summed E-state index contributed by atoms with van der Waals surface area (Å²) in [5, 5.41) is 2.35. The number of hydrogen-bond acceptors (Lipinski definition) is 8. The minimum Gasteiger partial charge on any atom is -0.492 e. The van der Waals surface area contributed by atoms with Gasteiger partial charge >= 0.3 is 0 Å². The fourth-order valence-corrected chi connectivity index (χ4v) is 6.39. The van der Waals surface area contributed by atoms with Crippen LogP contribution >= 0.6 is 0 Å². The normalized spacial score (nSPS) is 23.5. The standard InChI is InChI=1S/C32H40N4O6/c37-30-11-10-28(31(38)33-30)36-21-24-19-26(8-9-27(24)32(36)39)42-22-25-6-3-4-12-35(25)20-23-5-1-2-7-29(23)41-18-15-34-13-16-40-17-14-34/h1-2,5,7-9,19,25,28H,3-4,6,10-18,20-22H2,(H,33,37,38). The molecule has 3 fully saturated rings. The fraction of sp³-hybridized carbons (Fsp3) is 0.531. The molecule has 3 saturated heterocycles. The van der Waals surface area contributed by atoms with Crippen molar-refractivity contribution in [2.24, 2.45) is 0 Å². The summed E-state index contributed by atoms with van der Waals surface area (Å²) >= 11 is 0. The molecule has 0 radical (unpaired) electrons. The zero-order chi connectivity index (χ0) is 28.9. The van der Waals surface area contributed by atoms with Crippen molar-refractivity contribution in [3.8, 4) is 11.5 Å². The van der Waals surface area contributed by atoms with Crippen LogP contribution in [0.25, 0.3) is 0 Å². The van der Waals surface area contributed by atoms with Crippen LogP contribution in [0.3, 0.4) is 0 Å². The second-order valence-electron chi connectivity index (χ2n) is 11.6. The lowest BCUT2D eigenvalue weighted by molar-refractivity contribution is -0.136. The number of likely N-dealkylation sites (tertiary alicyclic amines) is 1. The van der Waals surface area contributed by atoms with E-state index in [4.69, 9.17) is 14.2 Å². The minimum atomic E-state index is -0.617. The SMILES string of the molecule is O=C1CCC(N2Cc3cc(OCC4CCCCN4Cc4ccccc4OCCN4CCOCC4)ccc3C2=O)C(=O)N1. The smallest absolute Gasteiger partial charge is 0.255 e. The summed E-state index contributed by atoms with van der Waals surface area (Å²) in [6, 6.07) is 13.5. The van der Waals surface area contributed by atoms with E-state index in [1.54, 1.807) is 11.0 Å². The molecule has 2 unspecified atom stereocenters. The second kappa shape index (κ2) is 13.2. The van der Waals surface area contributed by atoms with E-state index in [0.29, 0.717) is 31.7 Å². The number of hydrogen-bond donors (Lipinski definition) is 1. The quantitative estimate of drug-likeness (QED) is 0.431. The maximum absolute atomic E-state index is 13.0. The van der Waals surface area contributed by atoms with Crippen LogP contribution in [0, 0.1) is 0 Å². The Morgan fingerprint density at radius 2 is 1.81 bits per heavy atom. The molecule has 0 bridgehead atoms. The second-order valence-corrected chi connectivity index (χ2v) is 11.6. The first kappa shape index (κ1) is 28.6. The number of nitrogens with zero attached hydrogens (tertiary/aromatic N) is 3. The molecule has 1 N–H and O–H groups in total. The van der Waals surface area contributed by atoms with E-state index in [9.17, 15) is 14.4 Å². The monoisotopic (exact) mass is 576 g/mol. The summed E-state index contributed by atoms with van der Waals surface area (Å²) in [7, 11) is 0. The van der Waals surface area contributed by atoms with E-state index in [1.165, 1.54) is 12.0 Å². The van der Waals surface area contributed by atoms with E-state index in [0.717, 1.165) is 75.8 Å².